The molecule has 8 nitrogen and oxygen atoms in total. The normalized spacial score (nSPS) is 15.1. The summed E-state index contributed by atoms with van der Waals surface area (Å²) in [6, 6.07) is 16.2. The molecule has 0 N–H and O–H groups in total. The van der Waals surface area contributed by atoms with E-state index in [0.29, 0.717) is 49.6 Å². The Kier molecular flexibility index (Phi) is 7.23. The molecule has 10 heteroatoms. The Morgan fingerprint density at radius 2 is 1.84 bits per heavy atom. The van der Waals surface area contributed by atoms with Crippen LogP contribution in [0.3, 0.4) is 0 Å². The Bertz CT molecular complexity index is 1080. The first-order valence-electron chi connectivity index (χ1n) is 9.95. The maximum atomic E-state index is 12.9. The lowest BCUT2D eigenvalue weighted by molar-refractivity contribution is 0.0730. The van der Waals surface area contributed by atoms with Crippen molar-refractivity contribution in [1.82, 2.24) is 14.5 Å². The molecule has 1 aliphatic heterocycles. The molecule has 1 saturated heterocycles. The number of thioether (sulfide) groups is 1. The number of nitrogens with zero attached hydrogens (tertiary/aromatic N) is 3. The molecule has 2 aromatic carbocycles. The fraction of sp³-hybridized carbons (Fsp3) is 0.333. The zero-order valence-electron chi connectivity index (χ0n) is 16.8. The summed E-state index contributed by atoms with van der Waals surface area (Å²) in [5.74, 6) is 1.90. The lowest BCUT2D eigenvalue weighted by Crippen LogP contribution is -2.40. The number of rotatable bonds is 9. The van der Waals surface area contributed by atoms with Gasteiger partial charge in [-0.1, -0.05) is 36.0 Å². The molecule has 1 aromatic heterocycles. The smallest absolute Gasteiger partial charge is 0.276 e. The van der Waals surface area contributed by atoms with E-state index in [4.69, 9.17) is 13.9 Å². The van der Waals surface area contributed by atoms with E-state index in [1.54, 1.807) is 24.3 Å². The van der Waals surface area contributed by atoms with Crippen LogP contribution in [0.25, 0.3) is 11.5 Å². The van der Waals surface area contributed by atoms with Crippen LogP contribution in [0.15, 0.2) is 69.1 Å². The second-order valence-corrected chi connectivity index (χ2v) is 9.77. The Morgan fingerprint density at radius 1 is 1.03 bits per heavy atom. The molecule has 0 amide bonds. The van der Waals surface area contributed by atoms with Crippen LogP contribution in [0.4, 0.5) is 0 Å². The third-order valence-corrected chi connectivity index (χ3v) is 7.42. The van der Waals surface area contributed by atoms with Gasteiger partial charge in [-0.25, -0.2) is 8.42 Å². The van der Waals surface area contributed by atoms with Gasteiger partial charge in [0.2, 0.25) is 15.9 Å². The summed E-state index contributed by atoms with van der Waals surface area (Å²) < 4.78 is 43.8. The molecule has 4 rings (SSSR count). The van der Waals surface area contributed by atoms with E-state index < -0.39 is 10.0 Å². The van der Waals surface area contributed by atoms with Crippen molar-refractivity contribution in [2.45, 2.75) is 16.5 Å². The standard InChI is InChI=1S/C21H23N3O5S2/c25-31(26,24-10-13-27-14-11-24)19-9-4-6-17(16-19)20-22-23-21(29-20)30-15-5-12-28-18-7-2-1-3-8-18/h1-4,6-9,16H,5,10-15H2. The maximum absolute atomic E-state index is 12.9. The molecule has 0 atom stereocenters. The molecule has 0 bridgehead atoms. The number of hydrogen-bond donors (Lipinski definition) is 0. The topological polar surface area (TPSA) is 94.8 Å². The van der Waals surface area contributed by atoms with Crippen molar-refractivity contribution in [3.63, 3.8) is 0 Å². The van der Waals surface area contributed by atoms with E-state index in [-0.39, 0.29) is 4.90 Å². The Labute approximate surface area is 185 Å². The number of sulfonamides is 1. The SMILES string of the molecule is O=S(=O)(c1cccc(-c2nnc(SCCCOc3ccccc3)o2)c1)N1CCOCC1. The van der Waals surface area contributed by atoms with Crippen molar-refractivity contribution < 1.29 is 22.3 Å². The summed E-state index contributed by atoms with van der Waals surface area (Å²) in [6.07, 6.45) is 0.824. The van der Waals surface area contributed by atoms with Crippen molar-refractivity contribution in [3.8, 4) is 17.2 Å². The van der Waals surface area contributed by atoms with Gasteiger partial charge in [0.1, 0.15) is 5.75 Å². The Balaban J connectivity index is 1.34. The van der Waals surface area contributed by atoms with Crippen molar-refractivity contribution in [3.05, 3.63) is 54.6 Å². The van der Waals surface area contributed by atoms with E-state index in [1.807, 2.05) is 30.3 Å². The maximum Gasteiger partial charge on any atom is 0.276 e. The van der Waals surface area contributed by atoms with Gasteiger partial charge in [-0.05, 0) is 36.8 Å². The van der Waals surface area contributed by atoms with Crippen molar-refractivity contribution >= 4 is 21.8 Å². The van der Waals surface area contributed by atoms with Gasteiger partial charge in [-0.3, -0.25) is 0 Å². The minimum Gasteiger partial charge on any atom is -0.494 e. The fourth-order valence-electron chi connectivity index (χ4n) is 3.04. The average Bonchev–Trinajstić information content (AvgIpc) is 3.29. The lowest BCUT2D eigenvalue weighted by atomic mass is 10.2. The highest BCUT2D eigenvalue weighted by molar-refractivity contribution is 7.99. The number of aromatic nitrogens is 2. The van der Waals surface area contributed by atoms with Crippen LogP contribution in [0.5, 0.6) is 5.75 Å². The second-order valence-electron chi connectivity index (χ2n) is 6.78. The number of morpholine rings is 1. The molecule has 31 heavy (non-hydrogen) atoms. The predicted molar refractivity (Wildman–Crippen MR) is 117 cm³/mol. The van der Waals surface area contributed by atoms with Crippen LogP contribution in [0.2, 0.25) is 0 Å². The van der Waals surface area contributed by atoms with Crippen LogP contribution in [0, 0.1) is 0 Å². The Morgan fingerprint density at radius 3 is 2.65 bits per heavy atom. The van der Waals surface area contributed by atoms with Gasteiger partial charge in [0, 0.05) is 24.4 Å². The number of para-hydroxylation sites is 1. The van der Waals surface area contributed by atoms with Gasteiger partial charge in [-0.15, -0.1) is 10.2 Å². The van der Waals surface area contributed by atoms with Crippen molar-refractivity contribution in [2.75, 3.05) is 38.7 Å². The van der Waals surface area contributed by atoms with Gasteiger partial charge >= 0.3 is 0 Å². The summed E-state index contributed by atoms with van der Waals surface area (Å²) in [5.41, 5.74) is 0.570. The van der Waals surface area contributed by atoms with Crippen LogP contribution in [-0.2, 0) is 14.8 Å². The first kappa shape index (κ1) is 21.8. The van der Waals surface area contributed by atoms with Crippen LogP contribution in [0.1, 0.15) is 6.42 Å². The molecule has 3 aromatic rings. The zero-order valence-corrected chi connectivity index (χ0v) is 18.5. The summed E-state index contributed by atoms with van der Waals surface area (Å²) in [4.78, 5) is 0.206. The number of benzene rings is 2. The van der Waals surface area contributed by atoms with Crippen molar-refractivity contribution in [1.29, 1.82) is 0 Å². The number of ether oxygens (including phenoxy) is 2. The average molecular weight is 462 g/mol. The molecule has 1 aliphatic rings. The molecule has 0 unspecified atom stereocenters. The first-order chi connectivity index (χ1) is 15.1. The first-order valence-corrected chi connectivity index (χ1v) is 12.4. The lowest BCUT2D eigenvalue weighted by Gasteiger charge is -2.26. The molecule has 2 heterocycles. The van der Waals surface area contributed by atoms with E-state index in [0.717, 1.165) is 17.9 Å². The monoisotopic (exact) mass is 461 g/mol. The third kappa shape index (κ3) is 5.65. The predicted octanol–water partition coefficient (Wildman–Crippen LogP) is 3.32. The van der Waals surface area contributed by atoms with Crippen LogP contribution < -0.4 is 4.74 Å². The van der Waals surface area contributed by atoms with E-state index in [1.165, 1.54) is 16.1 Å². The number of hydrogen-bond acceptors (Lipinski definition) is 8. The fourth-order valence-corrected chi connectivity index (χ4v) is 5.16. The van der Waals surface area contributed by atoms with Crippen LogP contribution >= 0.6 is 11.8 Å². The molecule has 0 radical (unpaired) electrons. The van der Waals surface area contributed by atoms with E-state index >= 15 is 0 Å². The van der Waals surface area contributed by atoms with Gasteiger partial charge in [-0.2, -0.15) is 4.31 Å². The summed E-state index contributed by atoms with van der Waals surface area (Å²) in [6.45, 7) is 2.10. The second kappa shape index (κ2) is 10.3. The highest BCUT2D eigenvalue weighted by Crippen LogP contribution is 2.26. The molecular formula is C21H23N3O5S2. The largest absolute Gasteiger partial charge is 0.494 e. The van der Waals surface area contributed by atoms with Gasteiger partial charge in [0.15, 0.2) is 0 Å². The molecule has 1 fully saturated rings. The summed E-state index contributed by atoms with van der Waals surface area (Å²) >= 11 is 1.44. The molecule has 0 saturated carbocycles. The minimum atomic E-state index is -3.58. The molecule has 164 valence electrons. The molecule has 0 spiro atoms. The van der Waals surface area contributed by atoms with E-state index in [9.17, 15) is 8.42 Å². The molecule has 0 aliphatic carbocycles. The molecular weight excluding hydrogens is 438 g/mol. The highest BCUT2D eigenvalue weighted by atomic mass is 32.2. The van der Waals surface area contributed by atoms with E-state index in [2.05, 4.69) is 10.2 Å². The summed E-state index contributed by atoms with van der Waals surface area (Å²) in [7, 11) is -3.58. The van der Waals surface area contributed by atoms with Crippen molar-refractivity contribution in [2.24, 2.45) is 0 Å². The van der Waals surface area contributed by atoms with Gasteiger partial charge in [0.05, 0.1) is 24.7 Å². The third-order valence-electron chi connectivity index (χ3n) is 4.62. The zero-order chi connectivity index (χ0) is 21.5. The quantitative estimate of drug-likeness (QED) is 0.354. The Hall–Kier alpha value is -2.40. The minimum absolute atomic E-state index is 0.206. The summed E-state index contributed by atoms with van der Waals surface area (Å²) in [5, 5.41) is 8.57. The van der Waals surface area contributed by atoms with Gasteiger partial charge < -0.3 is 13.9 Å². The highest BCUT2D eigenvalue weighted by Gasteiger charge is 2.26. The van der Waals surface area contributed by atoms with Crippen LogP contribution in [-0.4, -0.2) is 61.6 Å². The van der Waals surface area contributed by atoms with Gasteiger partial charge in [0.25, 0.3) is 5.22 Å².